The summed E-state index contributed by atoms with van der Waals surface area (Å²) >= 11 is 0. The standard InChI is InChI=1S/C17H17N5O4/c1-10-6-7-18-17-20-14(21-22(10)17)15(23)19-9-11-4-5-13(25-2)12(8-11)16(24)26-3/h4-8H,9H2,1-3H3,(H,19,23). The van der Waals surface area contributed by atoms with Crippen molar-refractivity contribution >= 4 is 17.7 Å². The van der Waals surface area contributed by atoms with Gasteiger partial charge in [0.2, 0.25) is 5.82 Å². The molecule has 3 rings (SSSR count). The van der Waals surface area contributed by atoms with Crippen LogP contribution in [-0.4, -0.2) is 45.7 Å². The predicted molar refractivity (Wildman–Crippen MR) is 91.0 cm³/mol. The number of aromatic nitrogens is 4. The lowest BCUT2D eigenvalue weighted by Crippen LogP contribution is -2.24. The lowest BCUT2D eigenvalue weighted by molar-refractivity contribution is 0.0597. The number of esters is 1. The molecule has 1 amide bonds. The maximum absolute atomic E-state index is 12.3. The minimum atomic E-state index is -0.515. The summed E-state index contributed by atoms with van der Waals surface area (Å²) in [4.78, 5) is 32.3. The van der Waals surface area contributed by atoms with E-state index in [0.717, 1.165) is 5.69 Å². The summed E-state index contributed by atoms with van der Waals surface area (Å²) in [6.45, 7) is 2.03. The summed E-state index contributed by atoms with van der Waals surface area (Å²) in [6, 6.07) is 6.77. The Kier molecular flexibility index (Phi) is 4.78. The lowest BCUT2D eigenvalue weighted by Gasteiger charge is -2.09. The Labute approximate surface area is 149 Å². The minimum Gasteiger partial charge on any atom is -0.496 e. The van der Waals surface area contributed by atoms with Gasteiger partial charge < -0.3 is 14.8 Å². The monoisotopic (exact) mass is 355 g/mol. The Hall–Kier alpha value is -3.49. The molecule has 2 aromatic heterocycles. The molecule has 0 saturated carbocycles. The largest absolute Gasteiger partial charge is 0.496 e. The number of benzene rings is 1. The van der Waals surface area contributed by atoms with Gasteiger partial charge in [-0.05, 0) is 30.7 Å². The number of rotatable bonds is 5. The van der Waals surface area contributed by atoms with Crippen LogP contribution < -0.4 is 10.1 Å². The number of ether oxygens (including phenoxy) is 2. The maximum atomic E-state index is 12.3. The Balaban J connectivity index is 1.76. The lowest BCUT2D eigenvalue weighted by atomic mass is 10.1. The molecule has 9 heteroatoms. The highest BCUT2D eigenvalue weighted by atomic mass is 16.5. The normalized spacial score (nSPS) is 10.6. The highest BCUT2D eigenvalue weighted by molar-refractivity contribution is 5.93. The molecule has 134 valence electrons. The molecule has 0 saturated heterocycles. The molecule has 26 heavy (non-hydrogen) atoms. The first-order valence-corrected chi connectivity index (χ1v) is 7.75. The van der Waals surface area contributed by atoms with Gasteiger partial charge in [-0.25, -0.2) is 14.3 Å². The van der Waals surface area contributed by atoms with Crippen molar-refractivity contribution in [2.75, 3.05) is 14.2 Å². The van der Waals surface area contributed by atoms with E-state index in [1.54, 1.807) is 30.5 Å². The second kappa shape index (κ2) is 7.18. The first-order valence-electron chi connectivity index (χ1n) is 7.75. The highest BCUT2D eigenvalue weighted by Gasteiger charge is 2.16. The van der Waals surface area contributed by atoms with Gasteiger partial charge in [0, 0.05) is 18.4 Å². The number of amides is 1. The number of carbonyl (C=O) groups is 2. The Morgan fingerprint density at radius 3 is 2.73 bits per heavy atom. The van der Waals surface area contributed by atoms with Gasteiger partial charge in [0.15, 0.2) is 0 Å². The fraction of sp³-hybridized carbons (Fsp3) is 0.235. The number of aryl methyl sites for hydroxylation is 1. The average Bonchev–Trinajstić information content (AvgIpc) is 3.11. The Morgan fingerprint density at radius 2 is 2.04 bits per heavy atom. The molecular formula is C17H17N5O4. The van der Waals surface area contributed by atoms with Crippen LogP contribution in [0.5, 0.6) is 5.75 Å². The van der Waals surface area contributed by atoms with Gasteiger partial charge in [0.1, 0.15) is 11.3 Å². The molecule has 9 nitrogen and oxygen atoms in total. The van der Waals surface area contributed by atoms with Crippen LogP contribution in [-0.2, 0) is 11.3 Å². The summed E-state index contributed by atoms with van der Waals surface area (Å²) in [5.41, 5.74) is 1.81. The number of nitrogens with one attached hydrogen (secondary N) is 1. The summed E-state index contributed by atoms with van der Waals surface area (Å²) in [5, 5.41) is 6.87. The molecule has 0 atom stereocenters. The minimum absolute atomic E-state index is 0.0218. The molecule has 0 unspecified atom stereocenters. The molecular weight excluding hydrogens is 338 g/mol. The summed E-state index contributed by atoms with van der Waals surface area (Å²) in [6.07, 6.45) is 1.60. The molecule has 0 aliphatic carbocycles. The summed E-state index contributed by atoms with van der Waals surface area (Å²) < 4.78 is 11.4. The second-order valence-electron chi connectivity index (χ2n) is 5.44. The van der Waals surface area contributed by atoms with Crippen LogP contribution in [0.1, 0.15) is 32.2 Å². The van der Waals surface area contributed by atoms with Gasteiger partial charge in [-0.1, -0.05) is 6.07 Å². The third-order valence-electron chi connectivity index (χ3n) is 3.76. The fourth-order valence-corrected chi connectivity index (χ4v) is 2.40. The van der Waals surface area contributed by atoms with Crippen LogP contribution in [0.4, 0.5) is 0 Å². The maximum Gasteiger partial charge on any atom is 0.341 e. The summed E-state index contributed by atoms with van der Waals surface area (Å²) in [5.74, 6) is -0.180. The molecule has 1 aromatic carbocycles. The number of hydrogen-bond donors (Lipinski definition) is 1. The second-order valence-corrected chi connectivity index (χ2v) is 5.44. The number of hydrogen-bond acceptors (Lipinski definition) is 7. The van der Waals surface area contributed by atoms with E-state index in [2.05, 4.69) is 20.4 Å². The third kappa shape index (κ3) is 3.32. The van der Waals surface area contributed by atoms with Crippen molar-refractivity contribution in [2.24, 2.45) is 0 Å². The molecule has 1 N–H and O–H groups in total. The SMILES string of the molecule is COC(=O)c1cc(CNC(=O)c2nc3nccc(C)n3n2)ccc1OC. The van der Waals surface area contributed by atoms with E-state index >= 15 is 0 Å². The van der Waals surface area contributed by atoms with Gasteiger partial charge in [0.25, 0.3) is 11.7 Å². The van der Waals surface area contributed by atoms with E-state index in [0.29, 0.717) is 17.1 Å². The van der Waals surface area contributed by atoms with E-state index in [9.17, 15) is 9.59 Å². The molecule has 0 bridgehead atoms. The van der Waals surface area contributed by atoms with E-state index in [-0.39, 0.29) is 17.9 Å². The van der Waals surface area contributed by atoms with Gasteiger partial charge in [-0.15, -0.1) is 5.10 Å². The highest BCUT2D eigenvalue weighted by Crippen LogP contribution is 2.20. The van der Waals surface area contributed by atoms with Crippen LogP contribution in [0.2, 0.25) is 0 Å². The van der Waals surface area contributed by atoms with Gasteiger partial charge >= 0.3 is 5.97 Å². The van der Waals surface area contributed by atoms with E-state index in [1.165, 1.54) is 18.7 Å². The van der Waals surface area contributed by atoms with Gasteiger partial charge in [-0.3, -0.25) is 4.79 Å². The Bertz CT molecular complexity index is 982. The van der Waals surface area contributed by atoms with Crippen LogP contribution in [0.3, 0.4) is 0 Å². The van der Waals surface area contributed by atoms with Crippen LogP contribution >= 0.6 is 0 Å². The molecule has 0 aliphatic rings. The molecule has 0 fully saturated rings. The van der Waals surface area contributed by atoms with Crippen molar-refractivity contribution in [1.82, 2.24) is 24.9 Å². The number of nitrogens with zero attached hydrogens (tertiary/aromatic N) is 4. The van der Waals surface area contributed by atoms with Crippen molar-refractivity contribution in [3.05, 3.63) is 53.1 Å². The van der Waals surface area contributed by atoms with E-state index in [1.807, 2.05) is 6.92 Å². The fourth-order valence-electron chi connectivity index (χ4n) is 2.40. The first-order chi connectivity index (χ1) is 12.5. The average molecular weight is 355 g/mol. The van der Waals surface area contributed by atoms with E-state index < -0.39 is 11.9 Å². The number of carbonyl (C=O) groups excluding carboxylic acids is 2. The topological polar surface area (TPSA) is 108 Å². The van der Waals surface area contributed by atoms with Gasteiger partial charge in [0.05, 0.1) is 14.2 Å². The van der Waals surface area contributed by atoms with Crippen molar-refractivity contribution in [2.45, 2.75) is 13.5 Å². The van der Waals surface area contributed by atoms with Crippen LogP contribution in [0.25, 0.3) is 5.78 Å². The molecule has 3 aromatic rings. The number of fused-ring (bicyclic) bond motifs is 1. The summed E-state index contributed by atoms with van der Waals surface area (Å²) in [7, 11) is 2.76. The third-order valence-corrected chi connectivity index (χ3v) is 3.76. The van der Waals surface area contributed by atoms with Crippen molar-refractivity contribution < 1.29 is 19.1 Å². The smallest absolute Gasteiger partial charge is 0.341 e. The van der Waals surface area contributed by atoms with Crippen molar-refractivity contribution in [1.29, 1.82) is 0 Å². The van der Waals surface area contributed by atoms with Crippen molar-refractivity contribution in [3.63, 3.8) is 0 Å². The zero-order valence-corrected chi connectivity index (χ0v) is 14.5. The predicted octanol–water partition coefficient (Wildman–Crippen LogP) is 1.16. The Morgan fingerprint density at radius 1 is 1.23 bits per heavy atom. The molecule has 2 heterocycles. The molecule has 0 spiro atoms. The molecule has 0 radical (unpaired) electrons. The number of methoxy groups -OCH3 is 2. The van der Waals surface area contributed by atoms with E-state index in [4.69, 9.17) is 9.47 Å². The quantitative estimate of drug-likeness (QED) is 0.684. The first kappa shape index (κ1) is 17.3. The van der Waals surface area contributed by atoms with Gasteiger partial charge in [-0.2, -0.15) is 4.98 Å². The zero-order chi connectivity index (χ0) is 18.7. The van der Waals surface area contributed by atoms with Crippen LogP contribution in [0, 0.1) is 6.92 Å². The molecule has 0 aliphatic heterocycles. The zero-order valence-electron chi connectivity index (χ0n) is 14.5. The van der Waals surface area contributed by atoms with Crippen LogP contribution in [0.15, 0.2) is 30.5 Å². The van der Waals surface area contributed by atoms with Crippen molar-refractivity contribution in [3.8, 4) is 5.75 Å².